The molecule has 2 rings (SSSR count). The predicted octanol–water partition coefficient (Wildman–Crippen LogP) is 4.93. The van der Waals surface area contributed by atoms with E-state index in [1.54, 1.807) is 23.5 Å². The molecule has 0 bridgehead atoms. The number of hydrogen-bond donors (Lipinski definition) is 1. The van der Waals surface area contributed by atoms with Gasteiger partial charge in [-0.25, -0.2) is 4.39 Å². The van der Waals surface area contributed by atoms with E-state index in [9.17, 15) is 4.39 Å². The van der Waals surface area contributed by atoms with E-state index in [-0.39, 0.29) is 10.8 Å². The van der Waals surface area contributed by atoms with E-state index in [0.717, 1.165) is 25.1 Å². The number of thiophene rings is 1. The van der Waals surface area contributed by atoms with Gasteiger partial charge in [-0.2, -0.15) is 0 Å². The molecule has 0 radical (unpaired) electrons. The van der Waals surface area contributed by atoms with Gasteiger partial charge in [0.2, 0.25) is 0 Å². The normalized spacial score (nSPS) is 10.9. The van der Waals surface area contributed by atoms with Crippen molar-refractivity contribution in [1.29, 1.82) is 0 Å². The molecule has 0 spiro atoms. The minimum absolute atomic E-state index is 0.0824. The zero-order valence-electron chi connectivity index (χ0n) is 12.2. The zero-order chi connectivity index (χ0) is 15.2. The molecule has 0 saturated heterocycles. The van der Waals surface area contributed by atoms with Crippen molar-refractivity contribution in [1.82, 2.24) is 5.32 Å². The monoisotopic (exact) mass is 327 g/mol. The zero-order valence-corrected chi connectivity index (χ0v) is 13.8. The lowest BCUT2D eigenvalue weighted by Crippen LogP contribution is -2.12. The minimum Gasteiger partial charge on any atom is -0.486 e. The highest BCUT2D eigenvalue weighted by Crippen LogP contribution is 2.27. The summed E-state index contributed by atoms with van der Waals surface area (Å²) in [4.78, 5) is 2.47. The van der Waals surface area contributed by atoms with Crippen LogP contribution in [-0.4, -0.2) is 6.54 Å². The second-order valence-electron chi connectivity index (χ2n) is 4.81. The first-order chi connectivity index (χ1) is 10.1. The highest BCUT2D eigenvalue weighted by atomic mass is 35.5. The third kappa shape index (κ3) is 4.43. The molecule has 0 amide bonds. The molecule has 0 aliphatic heterocycles. The topological polar surface area (TPSA) is 21.3 Å². The predicted molar refractivity (Wildman–Crippen MR) is 86.8 cm³/mol. The van der Waals surface area contributed by atoms with Crippen LogP contribution in [0.4, 0.5) is 4.39 Å². The van der Waals surface area contributed by atoms with Gasteiger partial charge in [0.15, 0.2) is 11.6 Å². The second kappa shape index (κ2) is 7.78. The molecule has 0 unspecified atom stereocenters. The Morgan fingerprint density at radius 3 is 2.95 bits per heavy atom. The number of hydrogen-bond acceptors (Lipinski definition) is 3. The Kier molecular flexibility index (Phi) is 6.03. The highest BCUT2D eigenvalue weighted by Gasteiger charge is 2.10. The first-order valence-corrected chi connectivity index (χ1v) is 8.17. The summed E-state index contributed by atoms with van der Waals surface area (Å²) in [6.07, 6.45) is 1.12. The van der Waals surface area contributed by atoms with Crippen molar-refractivity contribution in [2.75, 3.05) is 6.54 Å². The van der Waals surface area contributed by atoms with Crippen LogP contribution in [0.15, 0.2) is 24.3 Å². The van der Waals surface area contributed by atoms with Crippen LogP contribution in [0.1, 0.15) is 28.7 Å². The van der Waals surface area contributed by atoms with Crippen LogP contribution in [-0.2, 0) is 13.2 Å². The van der Waals surface area contributed by atoms with Crippen molar-refractivity contribution in [2.24, 2.45) is 0 Å². The number of aryl methyl sites for hydroxylation is 1. The molecule has 0 aliphatic rings. The van der Waals surface area contributed by atoms with Crippen molar-refractivity contribution in [3.05, 3.63) is 50.4 Å². The van der Waals surface area contributed by atoms with Gasteiger partial charge in [-0.05, 0) is 38.1 Å². The third-order valence-electron chi connectivity index (χ3n) is 3.10. The van der Waals surface area contributed by atoms with E-state index in [1.165, 1.54) is 15.8 Å². The fraction of sp³-hybridized carbons (Fsp3) is 0.375. The molecule has 1 aromatic carbocycles. The van der Waals surface area contributed by atoms with Crippen LogP contribution >= 0.6 is 22.9 Å². The summed E-state index contributed by atoms with van der Waals surface area (Å²) in [6, 6.07) is 6.90. The number of nitrogens with one attached hydrogen (secondary N) is 1. The molecule has 1 aromatic heterocycles. The Hall–Kier alpha value is -1.10. The van der Waals surface area contributed by atoms with Crippen LogP contribution in [0.25, 0.3) is 0 Å². The Bertz CT molecular complexity index is 600. The number of benzene rings is 1. The highest BCUT2D eigenvalue weighted by molar-refractivity contribution is 7.12. The van der Waals surface area contributed by atoms with Gasteiger partial charge < -0.3 is 10.1 Å². The lowest BCUT2D eigenvalue weighted by molar-refractivity contribution is 0.290. The smallest absolute Gasteiger partial charge is 0.183 e. The molecule has 0 aliphatic carbocycles. The van der Waals surface area contributed by atoms with E-state index >= 15 is 0 Å². The van der Waals surface area contributed by atoms with Crippen molar-refractivity contribution in [3.63, 3.8) is 0 Å². The molecule has 0 atom stereocenters. The molecule has 2 nitrogen and oxygen atoms in total. The molecule has 114 valence electrons. The molecule has 1 N–H and O–H groups in total. The maximum atomic E-state index is 13.8. The van der Waals surface area contributed by atoms with Crippen LogP contribution < -0.4 is 10.1 Å². The van der Waals surface area contributed by atoms with Crippen LogP contribution in [0.5, 0.6) is 5.75 Å². The number of rotatable bonds is 7. The Labute approximate surface area is 133 Å². The summed E-state index contributed by atoms with van der Waals surface area (Å²) >= 11 is 7.49. The number of ether oxygens (including phenoxy) is 1. The molecular formula is C16H19ClFNOS. The molecule has 2 aromatic rings. The lowest BCUT2D eigenvalue weighted by Gasteiger charge is -2.07. The molecule has 21 heavy (non-hydrogen) atoms. The largest absolute Gasteiger partial charge is 0.486 e. The van der Waals surface area contributed by atoms with Crippen molar-refractivity contribution in [2.45, 2.75) is 33.4 Å². The van der Waals surface area contributed by atoms with E-state index in [1.807, 2.05) is 0 Å². The molecule has 5 heteroatoms. The van der Waals surface area contributed by atoms with Gasteiger partial charge in [0.25, 0.3) is 0 Å². The summed E-state index contributed by atoms with van der Waals surface area (Å²) in [5, 5.41) is 3.46. The van der Waals surface area contributed by atoms with Crippen molar-refractivity contribution >= 4 is 22.9 Å². The average molecular weight is 328 g/mol. The fourth-order valence-corrected chi connectivity index (χ4v) is 3.14. The summed E-state index contributed by atoms with van der Waals surface area (Å²) in [5.41, 5.74) is 1.09. The van der Waals surface area contributed by atoms with Crippen molar-refractivity contribution in [3.8, 4) is 5.75 Å². The SMILES string of the molecule is CCCNCc1cc(COc2cccc(Cl)c2F)c(C)s1. The summed E-state index contributed by atoms with van der Waals surface area (Å²) in [6.45, 7) is 6.43. The van der Waals surface area contributed by atoms with E-state index in [2.05, 4.69) is 25.2 Å². The van der Waals surface area contributed by atoms with Gasteiger partial charge in [-0.3, -0.25) is 0 Å². The summed E-state index contributed by atoms with van der Waals surface area (Å²) in [5.74, 6) is -0.310. The van der Waals surface area contributed by atoms with Gasteiger partial charge in [0.05, 0.1) is 5.02 Å². The average Bonchev–Trinajstić information content (AvgIpc) is 2.81. The van der Waals surface area contributed by atoms with Gasteiger partial charge >= 0.3 is 0 Å². The summed E-state index contributed by atoms with van der Waals surface area (Å²) in [7, 11) is 0. The maximum Gasteiger partial charge on any atom is 0.183 e. The van der Waals surface area contributed by atoms with E-state index in [0.29, 0.717) is 6.61 Å². The van der Waals surface area contributed by atoms with Crippen LogP contribution in [0.3, 0.4) is 0 Å². The van der Waals surface area contributed by atoms with Crippen molar-refractivity contribution < 1.29 is 9.13 Å². The van der Waals surface area contributed by atoms with Gasteiger partial charge in [0.1, 0.15) is 6.61 Å². The standard InChI is InChI=1S/C16H19ClFNOS/c1-3-7-19-9-13-8-12(11(2)21-13)10-20-15-6-4-5-14(17)16(15)18/h4-6,8,19H,3,7,9-10H2,1-2H3. The van der Waals surface area contributed by atoms with Gasteiger partial charge in [-0.1, -0.05) is 24.6 Å². The number of halogens is 2. The molecule has 1 heterocycles. The summed E-state index contributed by atoms with van der Waals surface area (Å²) < 4.78 is 19.3. The maximum absolute atomic E-state index is 13.8. The molecule has 0 saturated carbocycles. The van der Waals surface area contributed by atoms with E-state index in [4.69, 9.17) is 16.3 Å². The molecular weight excluding hydrogens is 309 g/mol. The Morgan fingerprint density at radius 2 is 2.19 bits per heavy atom. The lowest BCUT2D eigenvalue weighted by atomic mass is 10.2. The quantitative estimate of drug-likeness (QED) is 0.728. The van der Waals surface area contributed by atoms with E-state index < -0.39 is 5.82 Å². The minimum atomic E-state index is -0.503. The first kappa shape index (κ1) is 16.3. The molecule has 0 fully saturated rings. The van der Waals surface area contributed by atoms with Gasteiger partial charge in [0, 0.05) is 21.9 Å². The second-order valence-corrected chi connectivity index (χ2v) is 6.56. The third-order valence-corrected chi connectivity index (χ3v) is 4.48. The first-order valence-electron chi connectivity index (χ1n) is 6.97. The Balaban J connectivity index is 1.98. The van der Waals surface area contributed by atoms with Crippen LogP contribution in [0, 0.1) is 12.7 Å². The Morgan fingerprint density at radius 1 is 1.38 bits per heavy atom. The van der Waals surface area contributed by atoms with Crippen LogP contribution in [0.2, 0.25) is 5.02 Å². The van der Waals surface area contributed by atoms with Gasteiger partial charge in [-0.15, -0.1) is 11.3 Å². The fourth-order valence-electron chi connectivity index (χ4n) is 1.96.